The second kappa shape index (κ2) is 3.99. The number of anilines is 1. The van der Waals surface area contributed by atoms with Gasteiger partial charge in [0.1, 0.15) is 5.69 Å². The number of nitrogens with one attached hydrogen (secondary N) is 1. The molecule has 0 saturated heterocycles. The summed E-state index contributed by atoms with van der Waals surface area (Å²) in [6.07, 6.45) is -0.506. The van der Waals surface area contributed by atoms with Crippen LogP contribution in [-0.4, -0.2) is 15.7 Å². The summed E-state index contributed by atoms with van der Waals surface area (Å²) in [5.41, 5.74) is -0.312. The summed E-state index contributed by atoms with van der Waals surface area (Å²) in [4.78, 5) is 10.9. The topological polar surface area (TPSA) is 46.9 Å². The summed E-state index contributed by atoms with van der Waals surface area (Å²) in [6, 6.07) is 0. The number of halogens is 2. The first-order chi connectivity index (χ1) is 6.56. The van der Waals surface area contributed by atoms with E-state index in [9.17, 15) is 13.6 Å². The molecule has 1 aromatic rings. The fourth-order valence-electron chi connectivity index (χ4n) is 0.986. The number of amides is 1. The van der Waals surface area contributed by atoms with E-state index in [1.165, 1.54) is 13.2 Å². The number of aryl methyl sites for hydroxylation is 1. The van der Waals surface area contributed by atoms with Crippen LogP contribution in [0.25, 0.3) is 0 Å². The van der Waals surface area contributed by atoms with Crippen molar-refractivity contribution < 1.29 is 13.6 Å². The average Bonchev–Trinajstić information content (AvgIpc) is 2.46. The number of rotatable bonds is 3. The van der Waals surface area contributed by atoms with Crippen LogP contribution >= 0.6 is 0 Å². The van der Waals surface area contributed by atoms with Crippen molar-refractivity contribution in [2.45, 2.75) is 6.43 Å². The molecule has 4 nitrogen and oxygen atoms in total. The first kappa shape index (κ1) is 10.4. The van der Waals surface area contributed by atoms with E-state index in [0.717, 1.165) is 10.8 Å². The van der Waals surface area contributed by atoms with Crippen molar-refractivity contribution in [1.82, 2.24) is 9.78 Å². The monoisotopic (exact) mass is 201 g/mol. The molecular formula is C8H9F2N3O. The van der Waals surface area contributed by atoms with Crippen LogP contribution in [0.2, 0.25) is 0 Å². The molecule has 0 fully saturated rings. The molecule has 1 N–H and O–H groups in total. The van der Waals surface area contributed by atoms with Gasteiger partial charge in [-0.2, -0.15) is 5.10 Å². The highest BCUT2D eigenvalue weighted by Crippen LogP contribution is 2.25. The summed E-state index contributed by atoms with van der Waals surface area (Å²) < 4.78 is 25.9. The van der Waals surface area contributed by atoms with Gasteiger partial charge in [-0.05, 0) is 6.08 Å². The lowest BCUT2D eigenvalue weighted by molar-refractivity contribution is -0.111. The number of carbonyl (C=O) groups excluding carboxylic acids is 1. The fourth-order valence-corrected chi connectivity index (χ4v) is 0.986. The Morgan fingerprint density at radius 3 is 2.93 bits per heavy atom. The van der Waals surface area contributed by atoms with Crippen LogP contribution in [0.5, 0.6) is 0 Å². The van der Waals surface area contributed by atoms with E-state index in [4.69, 9.17) is 0 Å². The van der Waals surface area contributed by atoms with Crippen molar-refractivity contribution in [3.8, 4) is 0 Å². The molecule has 0 aromatic carbocycles. The Kier molecular flexibility index (Phi) is 2.95. The largest absolute Gasteiger partial charge is 0.319 e. The highest BCUT2D eigenvalue weighted by Gasteiger charge is 2.18. The van der Waals surface area contributed by atoms with Crippen molar-refractivity contribution in [1.29, 1.82) is 0 Å². The zero-order valence-electron chi connectivity index (χ0n) is 7.50. The third-order valence-corrected chi connectivity index (χ3v) is 1.63. The van der Waals surface area contributed by atoms with Crippen molar-refractivity contribution in [2.75, 3.05) is 5.32 Å². The van der Waals surface area contributed by atoms with Crippen LogP contribution in [0, 0.1) is 0 Å². The molecule has 1 amide bonds. The van der Waals surface area contributed by atoms with Gasteiger partial charge in [-0.15, -0.1) is 0 Å². The molecule has 14 heavy (non-hydrogen) atoms. The molecule has 1 rings (SSSR count). The SMILES string of the molecule is C=CC(=O)Nc1cnn(C)c1C(F)F. The molecule has 6 heteroatoms. The molecule has 0 aliphatic carbocycles. The van der Waals surface area contributed by atoms with E-state index in [2.05, 4.69) is 17.0 Å². The normalized spacial score (nSPS) is 10.3. The Hall–Kier alpha value is -1.72. The van der Waals surface area contributed by atoms with Gasteiger partial charge in [-0.3, -0.25) is 9.48 Å². The van der Waals surface area contributed by atoms with Crippen molar-refractivity contribution >= 4 is 11.6 Å². The third-order valence-electron chi connectivity index (χ3n) is 1.63. The number of hydrogen-bond acceptors (Lipinski definition) is 2. The minimum Gasteiger partial charge on any atom is -0.319 e. The Bertz CT molecular complexity index is 359. The van der Waals surface area contributed by atoms with Crippen LogP contribution in [0.1, 0.15) is 12.1 Å². The lowest BCUT2D eigenvalue weighted by Gasteiger charge is -2.04. The first-order valence-electron chi connectivity index (χ1n) is 3.79. The highest BCUT2D eigenvalue weighted by atomic mass is 19.3. The van der Waals surface area contributed by atoms with E-state index < -0.39 is 12.3 Å². The van der Waals surface area contributed by atoms with Gasteiger partial charge in [0.25, 0.3) is 6.43 Å². The van der Waals surface area contributed by atoms with Gasteiger partial charge in [-0.25, -0.2) is 8.78 Å². The molecule has 0 saturated carbocycles. The minimum atomic E-state index is -2.68. The van der Waals surface area contributed by atoms with E-state index in [1.807, 2.05) is 0 Å². The number of alkyl halides is 2. The van der Waals surface area contributed by atoms with Gasteiger partial charge in [-0.1, -0.05) is 6.58 Å². The Labute approximate surface area is 79.2 Å². The quantitative estimate of drug-likeness (QED) is 0.753. The predicted octanol–water partition coefficient (Wildman–Crippen LogP) is 1.48. The molecule has 0 aliphatic heterocycles. The lowest BCUT2D eigenvalue weighted by atomic mass is 10.3. The van der Waals surface area contributed by atoms with Gasteiger partial charge in [0.2, 0.25) is 5.91 Å². The maximum atomic E-state index is 12.4. The molecule has 0 atom stereocenters. The molecule has 0 unspecified atom stereocenters. The standard InChI is InChI=1S/C8H9F2N3O/c1-3-6(14)12-5-4-11-13(2)7(5)8(9)10/h3-4,8H,1H2,2H3,(H,12,14). The molecule has 1 heterocycles. The van der Waals surface area contributed by atoms with E-state index in [-0.39, 0.29) is 11.4 Å². The smallest absolute Gasteiger partial charge is 0.282 e. The van der Waals surface area contributed by atoms with Crippen molar-refractivity contribution in [2.24, 2.45) is 7.05 Å². The summed E-state index contributed by atoms with van der Waals surface area (Å²) >= 11 is 0. The number of aromatic nitrogens is 2. The van der Waals surface area contributed by atoms with Gasteiger partial charge < -0.3 is 5.32 Å². The van der Waals surface area contributed by atoms with Crippen molar-refractivity contribution in [3.63, 3.8) is 0 Å². The number of nitrogens with zero attached hydrogens (tertiary/aromatic N) is 2. The summed E-state index contributed by atoms with van der Waals surface area (Å²) in [5, 5.41) is 5.85. The van der Waals surface area contributed by atoms with Gasteiger partial charge in [0.15, 0.2) is 0 Å². The highest BCUT2D eigenvalue weighted by molar-refractivity contribution is 5.99. The Morgan fingerprint density at radius 2 is 2.43 bits per heavy atom. The average molecular weight is 201 g/mol. The Balaban J connectivity index is 2.97. The molecule has 0 aliphatic rings. The van der Waals surface area contributed by atoms with E-state index in [1.54, 1.807) is 0 Å². The van der Waals surface area contributed by atoms with Crippen LogP contribution in [0.4, 0.5) is 14.5 Å². The number of carbonyl (C=O) groups is 1. The molecular weight excluding hydrogens is 192 g/mol. The maximum absolute atomic E-state index is 12.4. The van der Waals surface area contributed by atoms with Gasteiger partial charge >= 0.3 is 0 Å². The zero-order chi connectivity index (χ0) is 10.7. The molecule has 76 valence electrons. The zero-order valence-corrected chi connectivity index (χ0v) is 7.50. The third kappa shape index (κ3) is 1.95. The number of hydrogen-bond donors (Lipinski definition) is 1. The predicted molar refractivity (Wildman–Crippen MR) is 47.0 cm³/mol. The van der Waals surface area contributed by atoms with Crippen molar-refractivity contribution in [3.05, 3.63) is 24.5 Å². The summed E-state index contributed by atoms with van der Waals surface area (Å²) in [7, 11) is 1.38. The first-order valence-corrected chi connectivity index (χ1v) is 3.79. The van der Waals surface area contributed by atoms with Crippen LogP contribution in [0.3, 0.4) is 0 Å². The minimum absolute atomic E-state index is 0.00685. The maximum Gasteiger partial charge on any atom is 0.282 e. The van der Waals surface area contributed by atoms with Gasteiger partial charge in [0.05, 0.1) is 11.9 Å². The van der Waals surface area contributed by atoms with Crippen LogP contribution < -0.4 is 5.32 Å². The van der Waals surface area contributed by atoms with E-state index >= 15 is 0 Å². The van der Waals surface area contributed by atoms with Crippen LogP contribution in [0.15, 0.2) is 18.9 Å². The second-order valence-corrected chi connectivity index (χ2v) is 2.56. The molecule has 0 bridgehead atoms. The Morgan fingerprint density at radius 1 is 1.79 bits per heavy atom. The summed E-state index contributed by atoms with van der Waals surface area (Å²) in [6.45, 7) is 3.21. The molecule has 0 spiro atoms. The van der Waals surface area contributed by atoms with Crippen LogP contribution in [-0.2, 0) is 11.8 Å². The second-order valence-electron chi connectivity index (χ2n) is 2.56. The van der Waals surface area contributed by atoms with E-state index in [0.29, 0.717) is 0 Å². The molecule has 1 aromatic heterocycles. The molecule has 0 radical (unpaired) electrons. The lowest BCUT2D eigenvalue weighted by Crippen LogP contribution is -2.09. The summed E-state index contributed by atoms with van der Waals surface area (Å²) in [5.74, 6) is -0.542. The fraction of sp³-hybridized carbons (Fsp3) is 0.250. The van der Waals surface area contributed by atoms with Gasteiger partial charge in [0, 0.05) is 7.05 Å².